The predicted octanol–water partition coefficient (Wildman–Crippen LogP) is 2.71. The number of rotatable bonds is 4. The van der Waals surface area contributed by atoms with Crippen LogP contribution in [0.15, 0.2) is 35.0 Å². The molecule has 1 N–H and O–H groups in total. The maximum Gasteiger partial charge on any atom is 0.256 e. The molecule has 0 bridgehead atoms. The van der Waals surface area contributed by atoms with Crippen LogP contribution in [0.25, 0.3) is 0 Å². The number of methoxy groups -OCH3 is 1. The number of anilines is 1. The highest BCUT2D eigenvalue weighted by molar-refractivity contribution is 7.08. The van der Waals surface area contributed by atoms with E-state index < -0.39 is 0 Å². The van der Waals surface area contributed by atoms with Gasteiger partial charge in [0, 0.05) is 25.0 Å². The number of hydrogen-bond donors (Lipinski definition) is 1. The van der Waals surface area contributed by atoms with Crippen LogP contribution in [-0.2, 0) is 0 Å². The topological polar surface area (TPSA) is 58.6 Å². The Bertz CT molecular complexity index is 651. The second-order valence-electron chi connectivity index (χ2n) is 4.58. The second kappa shape index (κ2) is 6.41. The van der Waals surface area contributed by atoms with Crippen molar-refractivity contribution in [3.8, 4) is 5.75 Å². The van der Waals surface area contributed by atoms with Crippen LogP contribution >= 0.6 is 11.3 Å². The molecule has 2 aromatic rings. The van der Waals surface area contributed by atoms with Crippen molar-refractivity contribution >= 4 is 28.8 Å². The number of ether oxygens (including phenoxy) is 1. The van der Waals surface area contributed by atoms with Crippen molar-refractivity contribution in [2.45, 2.75) is 0 Å². The minimum absolute atomic E-state index is 0.121. The van der Waals surface area contributed by atoms with E-state index in [9.17, 15) is 9.59 Å². The summed E-state index contributed by atoms with van der Waals surface area (Å²) in [6, 6.07) is 6.69. The lowest BCUT2D eigenvalue weighted by molar-refractivity contribution is 0.0827. The molecule has 0 aliphatic rings. The first kappa shape index (κ1) is 15.1. The fourth-order valence-electron chi connectivity index (χ4n) is 1.77. The number of carbonyl (C=O) groups is 2. The van der Waals surface area contributed by atoms with Gasteiger partial charge in [0.1, 0.15) is 5.75 Å². The number of hydrogen-bond acceptors (Lipinski definition) is 4. The van der Waals surface area contributed by atoms with E-state index in [0.717, 1.165) is 0 Å². The Morgan fingerprint density at radius 1 is 1.19 bits per heavy atom. The predicted molar refractivity (Wildman–Crippen MR) is 83.3 cm³/mol. The largest absolute Gasteiger partial charge is 0.495 e. The number of carbonyl (C=O) groups excluding carboxylic acids is 2. The molecule has 2 amide bonds. The average Bonchev–Trinajstić information content (AvgIpc) is 3.01. The molecule has 0 saturated carbocycles. The maximum absolute atomic E-state index is 12.0. The summed E-state index contributed by atoms with van der Waals surface area (Å²) in [7, 11) is 4.86. The smallest absolute Gasteiger partial charge is 0.256 e. The standard InChI is InChI=1S/C15H16N2O3S/c1-17(2)15(19)10-4-5-12(13(8-10)20-3)16-14(18)11-6-7-21-9-11/h4-9H,1-3H3,(H,16,18). The van der Waals surface area contributed by atoms with E-state index in [1.807, 2.05) is 5.38 Å². The normalized spacial score (nSPS) is 10.0. The Morgan fingerprint density at radius 3 is 2.52 bits per heavy atom. The molecule has 0 spiro atoms. The van der Waals surface area contributed by atoms with E-state index in [1.165, 1.54) is 23.3 Å². The molecular formula is C15H16N2O3S. The third kappa shape index (κ3) is 3.41. The zero-order valence-corrected chi connectivity index (χ0v) is 12.9. The molecule has 2 rings (SSSR count). The highest BCUT2D eigenvalue weighted by Gasteiger charge is 2.14. The van der Waals surface area contributed by atoms with Crippen LogP contribution in [0, 0.1) is 0 Å². The minimum atomic E-state index is -0.207. The molecule has 0 atom stereocenters. The fourth-order valence-corrected chi connectivity index (χ4v) is 2.41. The van der Waals surface area contributed by atoms with Crippen molar-refractivity contribution in [1.29, 1.82) is 0 Å². The molecule has 6 heteroatoms. The number of nitrogens with one attached hydrogen (secondary N) is 1. The van der Waals surface area contributed by atoms with E-state index in [-0.39, 0.29) is 11.8 Å². The van der Waals surface area contributed by atoms with Gasteiger partial charge in [0.25, 0.3) is 11.8 Å². The first-order valence-corrected chi connectivity index (χ1v) is 7.20. The molecule has 1 aromatic carbocycles. The van der Waals surface area contributed by atoms with E-state index in [4.69, 9.17) is 4.74 Å². The Morgan fingerprint density at radius 2 is 1.95 bits per heavy atom. The molecule has 1 heterocycles. The second-order valence-corrected chi connectivity index (χ2v) is 5.36. The first-order valence-electron chi connectivity index (χ1n) is 6.26. The van der Waals surface area contributed by atoms with E-state index in [2.05, 4.69) is 5.32 Å². The summed E-state index contributed by atoms with van der Waals surface area (Å²) in [5.74, 6) is 0.122. The molecule has 0 aliphatic heterocycles. The SMILES string of the molecule is COc1cc(C(=O)N(C)C)ccc1NC(=O)c1ccsc1. The Balaban J connectivity index is 2.24. The molecule has 21 heavy (non-hydrogen) atoms. The van der Waals surface area contributed by atoms with Crippen LogP contribution in [0.1, 0.15) is 20.7 Å². The summed E-state index contributed by atoms with van der Waals surface area (Å²) >= 11 is 1.46. The van der Waals surface area contributed by atoms with Gasteiger partial charge in [0.05, 0.1) is 18.4 Å². The molecule has 0 radical (unpaired) electrons. The first-order chi connectivity index (χ1) is 10.0. The van der Waals surface area contributed by atoms with Crippen LogP contribution in [0.3, 0.4) is 0 Å². The zero-order valence-electron chi connectivity index (χ0n) is 12.0. The van der Waals surface area contributed by atoms with Crippen molar-refractivity contribution in [2.24, 2.45) is 0 Å². The van der Waals surface area contributed by atoms with E-state index >= 15 is 0 Å². The molecule has 0 unspecified atom stereocenters. The van der Waals surface area contributed by atoms with Gasteiger partial charge in [-0.05, 0) is 29.6 Å². The van der Waals surface area contributed by atoms with Crippen molar-refractivity contribution in [3.05, 3.63) is 46.2 Å². The van der Waals surface area contributed by atoms with Gasteiger partial charge in [-0.15, -0.1) is 0 Å². The van der Waals surface area contributed by atoms with Gasteiger partial charge < -0.3 is 15.0 Å². The monoisotopic (exact) mass is 304 g/mol. The highest BCUT2D eigenvalue weighted by atomic mass is 32.1. The van der Waals surface area contributed by atoms with Gasteiger partial charge in [-0.25, -0.2) is 0 Å². The van der Waals surface area contributed by atoms with Gasteiger partial charge in [0.15, 0.2) is 0 Å². The van der Waals surface area contributed by atoms with Gasteiger partial charge in [-0.2, -0.15) is 11.3 Å². The summed E-state index contributed by atoms with van der Waals surface area (Å²) in [5, 5.41) is 6.38. The van der Waals surface area contributed by atoms with Crippen LogP contribution in [0.4, 0.5) is 5.69 Å². The molecule has 110 valence electrons. The average molecular weight is 304 g/mol. The van der Waals surface area contributed by atoms with Crippen LogP contribution in [-0.4, -0.2) is 37.9 Å². The van der Waals surface area contributed by atoms with Gasteiger partial charge >= 0.3 is 0 Å². The summed E-state index contributed by atoms with van der Waals surface area (Å²) in [6.45, 7) is 0. The summed E-state index contributed by atoms with van der Waals surface area (Å²) in [6.07, 6.45) is 0. The van der Waals surface area contributed by atoms with Gasteiger partial charge in [0.2, 0.25) is 0 Å². The lowest BCUT2D eigenvalue weighted by atomic mass is 10.1. The Kier molecular flexibility index (Phi) is 4.59. The van der Waals surface area contributed by atoms with Crippen molar-refractivity contribution in [3.63, 3.8) is 0 Å². The Hall–Kier alpha value is -2.34. The lowest BCUT2D eigenvalue weighted by Crippen LogP contribution is -2.21. The maximum atomic E-state index is 12.0. The number of thiophene rings is 1. The quantitative estimate of drug-likeness (QED) is 0.945. The minimum Gasteiger partial charge on any atom is -0.495 e. The van der Waals surface area contributed by atoms with Crippen LogP contribution in [0.5, 0.6) is 5.75 Å². The van der Waals surface area contributed by atoms with Gasteiger partial charge in [-0.3, -0.25) is 9.59 Å². The summed E-state index contributed by atoms with van der Waals surface area (Å²) < 4.78 is 5.25. The van der Waals surface area contributed by atoms with Gasteiger partial charge in [-0.1, -0.05) is 0 Å². The molecule has 1 aromatic heterocycles. The molecule has 5 nitrogen and oxygen atoms in total. The van der Waals surface area contributed by atoms with Crippen molar-refractivity contribution in [1.82, 2.24) is 4.90 Å². The third-order valence-corrected chi connectivity index (χ3v) is 3.57. The van der Waals surface area contributed by atoms with Crippen LogP contribution < -0.4 is 10.1 Å². The summed E-state index contributed by atoms with van der Waals surface area (Å²) in [4.78, 5) is 25.4. The molecular weight excluding hydrogens is 288 g/mol. The zero-order chi connectivity index (χ0) is 15.4. The molecule has 0 aliphatic carbocycles. The number of benzene rings is 1. The van der Waals surface area contributed by atoms with E-state index in [1.54, 1.807) is 43.7 Å². The van der Waals surface area contributed by atoms with Crippen molar-refractivity contribution < 1.29 is 14.3 Å². The summed E-state index contributed by atoms with van der Waals surface area (Å²) in [5.41, 5.74) is 1.63. The van der Waals surface area contributed by atoms with E-state index in [0.29, 0.717) is 22.6 Å². The number of nitrogens with zero attached hydrogens (tertiary/aromatic N) is 1. The van der Waals surface area contributed by atoms with Crippen molar-refractivity contribution in [2.75, 3.05) is 26.5 Å². The molecule has 0 saturated heterocycles. The number of amides is 2. The fraction of sp³-hybridized carbons (Fsp3) is 0.200. The molecule has 0 fully saturated rings. The highest BCUT2D eigenvalue weighted by Crippen LogP contribution is 2.26. The Labute approximate surface area is 127 Å². The third-order valence-electron chi connectivity index (χ3n) is 2.89. The lowest BCUT2D eigenvalue weighted by Gasteiger charge is -2.14. The van der Waals surface area contributed by atoms with Crippen LogP contribution in [0.2, 0.25) is 0 Å².